The van der Waals surface area contributed by atoms with E-state index in [1.165, 1.54) is 10.5 Å². The second-order valence-electron chi connectivity index (χ2n) is 7.28. The average Bonchev–Trinajstić information content (AvgIpc) is 3.34. The van der Waals surface area contributed by atoms with Crippen molar-refractivity contribution in [3.8, 4) is 0 Å². The summed E-state index contributed by atoms with van der Waals surface area (Å²) in [5, 5.41) is 0. The van der Waals surface area contributed by atoms with Crippen molar-refractivity contribution < 1.29 is 13.6 Å². The van der Waals surface area contributed by atoms with Crippen molar-refractivity contribution in [1.82, 2.24) is 4.98 Å². The number of nitrogens with zero attached hydrogens (tertiary/aromatic N) is 2. The van der Waals surface area contributed by atoms with E-state index in [1.807, 2.05) is 13.0 Å². The van der Waals surface area contributed by atoms with Crippen LogP contribution in [0.25, 0.3) is 0 Å². The van der Waals surface area contributed by atoms with Crippen LogP contribution < -0.4 is 4.90 Å². The van der Waals surface area contributed by atoms with E-state index < -0.39 is 11.6 Å². The Balaban J connectivity index is 1.76. The number of pyridine rings is 1. The number of anilines is 1. The fourth-order valence-electron chi connectivity index (χ4n) is 4.29. The zero-order valence-corrected chi connectivity index (χ0v) is 16.0. The highest BCUT2D eigenvalue weighted by atomic mass is 35.5. The minimum atomic E-state index is -0.860. The van der Waals surface area contributed by atoms with Crippen LogP contribution in [-0.2, 0) is 37.0 Å². The average molecular weight is 391 g/mol. The van der Waals surface area contributed by atoms with Gasteiger partial charge in [0.2, 0.25) is 5.91 Å². The van der Waals surface area contributed by atoms with Crippen LogP contribution in [0.5, 0.6) is 0 Å². The summed E-state index contributed by atoms with van der Waals surface area (Å²) in [5.41, 5.74) is 4.47. The lowest BCUT2D eigenvalue weighted by atomic mass is 9.97. The largest absolute Gasteiger partial charge is 0.291 e. The van der Waals surface area contributed by atoms with Crippen molar-refractivity contribution in [2.45, 2.75) is 52.0 Å². The number of alkyl halides is 1. The highest BCUT2D eigenvalue weighted by Crippen LogP contribution is 2.34. The summed E-state index contributed by atoms with van der Waals surface area (Å²) in [6.07, 6.45) is 5.02. The van der Waals surface area contributed by atoms with Gasteiger partial charge in [0.15, 0.2) is 11.6 Å². The summed E-state index contributed by atoms with van der Waals surface area (Å²) in [5.74, 6) is -1.81. The first-order valence-electron chi connectivity index (χ1n) is 9.34. The summed E-state index contributed by atoms with van der Waals surface area (Å²) >= 11 is 5.80. The highest BCUT2D eigenvalue weighted by molar-refractivity contribution is 6.29. The van der Waals surface area contributed by atoms with Crippen molar-refractivity contribution in [3.63, 3.8) is 0 Å². The molecule has 0 bridgehead atoms. The van der Waals surface area contributed by atoms with E-state index >= 15 is 0 Å². The number of carbonyl (C=O) groups excluding carboxylic acids is 1. The van der Waals surface area contributed by atoms with Crippen LogP contribution in [-0.4, -0.2) is 16.8 Å². The number of aryl methyl sites for hydroxylation is 2. The van der Waals surface area contributed by atoms with Crippen LogP contribution >= 0.6 is 11.6 Å². The van der Waals surface area contributed by atoms with Gasteiger partial charge in [-0.2, -0.15) is 0 Å². The molecular formula is C21H21ClF2N2O. The fourth-order valence-corrected chi connectivity index (χ4v) is 4.43. The maximum absolute atomic E-state index is 14.8. The Bertz CT molecular complexity index is 929. The van der Waals surface area contributed by atoms with E-state index in [-0.39, 0.29) is 23.9 Å². The molecule has 0 radical (unpaired) electrons. The van der Waals surface area contributed by atoms with Crippen LogP contribution in [0.3, 0.4) is 0 Å². The van der Waals surface area contributed by atoms with Crippen LogP contribution in [0.1, 0.15) is 46.4 Å². The van der Waals surface area contributed by atoms with Crippen molar-refractivity contribution >= 4 is 23.3 Å². The van der Waals surface area contributed by atoms with Crippen molar-refractivity contribution in [1.29, 1.82) is 0 Å². The molecule has 1 amide bonds. The summed E-state index contributed by atoms with van der Waals surface area (Å²) in [7, 11) is 0. The van der Waals surface area contributed by atoms with Gasteiger partial charge in [-0.25, -0.2) is 13.8 Å². The predicted molar refractivity (Wildman–Crippen MR) is 101 cm³/mol. The Morgan fingerprint density at radius 2 is 1.85 bits per heavy atom. The number of aromatic nitrogens is 1. The summed E-state index contributed by atoms with van der Waals surface area (Å²) in [4.78, 5) is 18.5. The van der Waals surface area contributed by atoms with Gasteiger partial charge in [0.25, 0.3) is 0 Å². The Morgan fingerprint density at radius 3 is 2.63 bits per heavy atom. The topological polar surface area (TPSA) is 33.2 Å². The van der Waals surface area contributed by atoms with Gasteiger partial charge >= 0.3 is 0 Å². The second kappa shape index (κ2) is 7.19. The van der Waals surface area contributed by atoms with Gasteiger partial charge in [-0.05, 0) is 73.8 Å². The zero-order valence-electron chi connectivity index (χ0n) is 15.2. The maximum Gasteiger partial charge on any atom is 0.243 e. The minimum absolute atomic E-state index is 0.0702. The smallest absolute Gasteiger partial charge is 0.243 e. The molecule has 4 rings (SSSR count). The quantitative estimate of drug-likeness (QED) is 0.724. The number of halogens is 3. The third kappa shape index (κ3) is 3.12. The summed E-state index contributed by atoms with van der Waals surface area (Å²) < 4.78 is 29.4. The molecule has 0 fully saturated rings. The normalized spacial score (nSPS) is 15.0. The van der Waals surface area contributed by atoms with E-state index in [2.05, 4.69) is 4.98 Å². The fraction of sp³-hybridized carbons (Fsp3) is 0.429. The third-order valence-corrected chi connectivity index (χ3v) is 6.00. The second-order valence-corrected chi connectivity index (χ2v) is 7.55. The Labute approximate surface area is 162 Å². The van der Waals surface area contributed by atoms with Crippen LogP contribution in [0.4, 0.5) is 14.6 Å². The first-order valence-corrected chi connectivity index (χ1v) is 9.88. The number of benzene rings is 1. The lowest BCUT2D eigenvalue weighted by Gasteiger charge is -2.24. The minimum Gasteiger partial charge on any atom is -0.291 e. The lowest BCUT2D eigenvalue weighted by Crippen LogP contribution is -2.33. The highest BCUT2D eigenvalue weighted by Gasteiger charge is 2.28. The number of rotatable bonds is 4. The van der Waals surface area contributed by atoms with Crippen LogP contribution in [0, 0.1) is 18.6 Å². The number of carbonyl (C=O) groups is 1. The number of hydrogen-bond acceptors (Lipinski definition) is 2. The number of fused-ring (bicyclic) bond motifs is 2. The van der Waals surface area contributed by atoms with Gasteiger partial charge < -0.3 is 0 Å². The van der Waals surface area contributed by atoms with E-state index in [4.69, 9.17) is 11.6 Å². The molecule has 2 aromatic rings. The predicted octanol–water partition coefficient (Wildman–Crippen LogP) is 4.42. The molecule has 0 saturated carbocycles. The molecule has 0 aliphatic heterocycles. The van der Waals surface area contributed by atoms with Gasteiger partial charge in [0, 0.05) is 11.3 Å². The van der Waals surface area contributed by atoms with E-state index in [1.54, 1.807) is 6.07 Å². The van der Waals surface area contributed by atoms with Crippen molar-refractivity contribution in [2.75, 3.05) is 10.8 Å². The molecule has 0 spiro atoms. The zero-order chi connectivity index (χ0) is 19.1. The Kier molecular flexibility index (Phi) is 4.89. The number of hydrogen-bond donors (Lipinski definition) is 0. The number of amides is 1. The molecule has 1 heterocycles. The molecule has 1 aromatic carbocycles. The van der Waals surface area contributed by atoms with Gasteiger partial charge in [0.1, 0.15) is 11.7 Å². The molecule has 27 heavy (non-hydrogen) atoms. The molecule has 0 unspecified atom stereocenters. The Hall–Kier alpha value is -2.01. The molecule has 1 aromatic heterocycles. The lowest BCUT2D eigenvalue weighted by molar-refractivity contribution is -0.116. The summed E-state index contributed by atoms with van der Waals surface area (Å²) in [6, 6.07) is 3.73. The van der Waals surface area contributed by atoms with E-state index in [9.17, 15) is 13.6 Å². The standard InChI is InChI=1S/C21H21ClF2N2O/c1-12-14-5-3-6-15(14)20(23)21(24)16(12)11-26(19(27)10-22)18-9-8-13-4-2-7-17(13)25-18/h8-9H,2-7,10-11H2,1H3. The third-order valence-electron chi connectivity index (χ3n) is 5.77. The molecule has 3 nitrogen and oxygen atoms in total. The van der Waals surface area contributed by atoms with Crippen LogP contribution in [0.2, 0.25) is 0 Å². The van der Waals surface area contributed by atoms with Gasteiger partial charge in [0.05, 0.1) is 6.54 Å². The van der Waals surface area contributed by atoms with Crippen LogP contribution in [0.15, 0.2) is 12.1 Å². The van der Waals surface area contributed by atoms with E-state index in [0.717, 1.165) is 48.9 Å². The first kappa shape index (κ1) is 18.4. The monoisotopic (exact) mass is 390 g/mol. The van der Waals surface area contributed by atoms with Gasteiger partial charge in [-0.15, -0.1) is 11.6 Å². The van der Waals surface area contributed by atoms with Gasteiger partial charge in [-0.1, -0.05) is 6.07 Å². The van der Waals surface area contributed by atoms with Gasteiger partial charge in [-0.3, -0.25) is 9.69 Å². The summed E-state index contributed by atoms with van der Waals surface area (Å²) in [6.45, 7) is 1.74. The molecule has 2 aliphatic carbocycles. The molecular weight excluding hydrogens is 370 g/mol. The molecule has 2 aliphatic rings. The molecule has 142 valence electrons. The molecule has 0 N–H and O–H groups in total. The molecule has 0 saturated heterocycles. The molecule has 0 atom stereocenters. The van der Waals surface area contributed by atoms with Crippen molar-refractivity contribution in [3.05, 3.63) is 57.3 Å². The van der Waals surface area contributed by atoms with Crippen molar-refractivity contribution in [2.24, 2.45) is 0 Å². The maximum atomic E-state index is 14.8. The SMILES string of the molecule is Cc1c(CN(C(=O)CCl)c2ccc3c(n2)CCC3)c(F)c(F)c2c1CCC2. The Morgan fingerprint density at radius 1 is 1.11 bits per heavy atom. The first-order chi connectivity index (χ1) is 13.0. The molecule has 6 heteroatoms. The van der Waals surface area contributed by atoms with E-state index in [0.29, 0.717) is 17.8 Å².